The zero-order valence-corrected chi connectivity index (χ0v) is 18.3. The number of methoxy groups -OCH3 is 1. The number of allylic oxidation sites excluding steroid dienone is 1. The van der Waals surface area contributed by atoms with Gasteiger partial charge in [-0.25, -0.2) is 0 Å². The average molecular weight is 425 g/mol. The van der Waals surface area contributed by atoms with E-state index in [0.29, 0.717) is 18.3 Å². The van der Waals surface area contributed by atoms with Crippen molar-refractivity contribution in [2.24, 2.45) is 5.92 Å². The highest BCUT2D eigenvalue weighted by atomic mass is 16.5. The van der Waals surface area contributed by atoms with Gasteiger partial charge in [0.05, 0.1) is 13.7 Å². The minimum Gasteiger partial charge on any atom is -0.497 e. The number of nitrogens with zero attached hydrogens (tertiary/aromatic N) is 3. The van der Waals surface area contributed by atoms with Gasteiger partial charge >= 0.3 is 0 Å². The Morgan fingerprint density at radius 2 is 2.03 bits per heavy atom. The van der Waals surface area contributed by atoms with E-state index in [0.717, 1.165) is 50.2 Å². The number of benzene rings is 1. The molecule has 0 atom stereocenters. The summed E-state index contributed by atoms with van der Waals surface area (Å²) in [7, 11) is 1.64. The first kappa shape index (κ1) is 21.6. The van der Waals surface area contributed by atoms with Crippen molar-refractivity contribution in [2.75, 3.05) is 26.7 Å². The second-order valence-corrected chi connectivity index (χ2v) is 8.44. The number of carbonyl (C=O) groups excluding carboxylic acids is 1. The molecule has 31 heavy (non-hydrogen) atoms. The van der Waals surface area contributed by atoms with E-state index in [2.05, 4.69) is 26.4 Å². The molecule has 4 rings (SSSR count). The first-order chi connectivity index (χ1) is 15.2. The fourth-order valence-electron chi connectivity index (χ4n) is 4.34. The molecule has 1 N–H and O–H groups in total. The van der Waals surface area contributed by atoms with Crippen molar-refractivity contribution in [3.63, 3.8) is 0 Å². The molecule has 1 fully saturated rings. The normalized spacial score (nSPS) is 17.9. The predicted molar refractivity (Wildman–Crippen MR) is 118 cm³/mol. The number of aromatic nitrogens is 2. The molecule has 1 aromatic carbocycles. The molecule has 2 heterocycles. The highest BCUT2D eigenvalue weighted by Gasteiger charge is 2.26. The van der Waals surface area contributed by atoms with Crippen LogP contribution in [0.1, 0.15) is 50.8 Å². The molecular formula is C24H32N4O3. The summed E-state index contributed by atoms with van der Waals surface area (Å²) in [6, 6.07) is 7.60. The van der Waals surface area contributed by atoms with Crippen LogP contribution in [0, 0.1) is 5.92 Å². The van der Waals surface area contributed by atoms with Crippen LogP contribution in [-0.4, -0.2) is 47.7 Å². The number of rotatable bonds is 8. The first-order valence-corrected chi connectivity index (χ1v) is 11.4. The van der Waals surface area contributed by atoms with Gasteiger partial charge in [-0.3, -0.25) is 9.69 Å². The van der Waals surface area contributed by atoms with Gasteiger partial charge in [-0.15, -0.1) is 0 Å². The molecule has 1 aliphatic heterocycles. The average Bonchev–Trinajstić information content (AvgIpc) is 3.29. The van der Waals surface area contributed by atoms with Gasteiger partial charge < -0.3 is 14.6 Å². The lowest BCUT2D eigenvalue weighted by Crippen LogP contribution is -2.40. The van der Waals surface area contributed by atoms with Crippen LogP contribution in [0.4, 0.5) is 0 Å². The fourth-order valence-corrected chi connectivity index (χ4v) is 4.34. The van der Waals surface area contributed by atoms with Crippen molar-refractivity contribution < 1.29 is 14.1 Å². The molecule has 7 heteroatoms. The van der Waals surface area contributed by atoms with Crippen LogP contribution in [0.3, 0.4) is 0 Å². The maximum atomic E-state index is 12.5. The Labute approximate surface area is 183 Å². The number of ether oxygens (including phenoxy) is 1. The molecule has 2 aromatic rings. The summed E-state index contributed by atoms with van der Waals surface area (Å²) >= 11 is 0. The van der Waals surface area contributed by atoms with E-state index in [9.17, 15) is 4.79 Å². The molecule has 2 aliphatic rings. The second kappa shape index (κ2) is 10.6. The number of amides is 1. The van der Waals surface area contributed by atoms with E-state index in [1.54, 1.807) is 7.11 Å². The van der Waals surface area contributed by atoms with E-state index >= 15 is 0 Å². The third kappa shape index (κ3) is 5.94. The predicted octanol–water partition coefficient (Wildman–Crippen LogP) is 3.96. The number of carbonyl (C=O) groups is 1. The van der Waals surface area contributed by atoms with Crippen LogP contribution in [0.15, 0.2) is 40.4 Å². The molecule has 1 amide bonds. The Hall–Kier alpha value is -2.67. The van der Waals surface area contributed by atoms with Crippen LogP contribution in [0.5, 0.6) is 5.75 Å². The maximum absolute atomic E-state index is 12.5. The van der Waals surface area contributed by atoms with Crippen molar-refractivity contribution in [1.29, 1.82) is 0 Å². The molecule has 0 bridgehead atoms. The summed E-state index contributed by atoms with van der Waals surface area (Å²) in [6.45, 7) is 3.11. The molecule has 0 unspecified atom stereocenters. The molecular weight excluding hydrogens is 392 g/mol. The fraction of sp³-hybridized carbons (Fsp3) is 0.542. The van der Waals surface area contributed by atoms with E-state index in [1.807, 2.05) is 24.3 Å². The summed E-state index contributed by atoms with van der Waals surface area (Å²) in [4.78, 5) is 19.3. The Morgan fingerprint density at radius 3 is 2.74 bits per heavy atom. The third-order valence-electron chi connectivity index (χ3n) is 6.26. The van der Waals surface area contributed by atoms with Crippen LogP contribution < -0.4 is 10.1 Å². The van der Waals surface area contributed by atoms with Gasteiger partial charge in [0.15, 0.2) is 0 Å². The Balaban J connectivity index is 1.20. The van der Waals surface area contributed by atoms with Gasteiger partial charge in [-0.2, -0.15) is 4.98 Å². The van der Waals surface area contributed by atoms with Gasteiger partial charge in [0.25, 0.3) is 0 Å². The summed E-state index contributed by atoms with van der Waals surface area (Å²) in [5, 5.41) is 7.25. The number of likely N-dealkylation sites (tertiary alicyclic amines) is 1. The van der Waals surface area contributed by atoms with Crippen LogP contribution in [0.25, 0.3) is 11.4 Å². The number of piperidine rings is 1. The van der Waals surface area contributed by atoms with Crippen molar-refractivity contribution in [3.05, 3.63) is 41.8 Å². The SMILES string of the molecule is COc1ccc(-c2noc(CN3CCC(C(=O)NCCC4=CCCCC4)CC3)n2)cc1. The molecule has 0 radical (unpaired) electrons. The van der Waals surface area contributed by atoms with Crippen LogP contribution >= 0.6 is 0 Å². The topological polar surface area (TPSA) is 80.5 Å². The summed E-state index contributed by atoms with van der Waals surface area (Å²) < 4.78 is 10.6. The van der Waals surface area contributed by atoms with Crippen molar-refractivity contribution >= 4 is 5.91 Å². The largest absolute Gasteiger partial charge is 0.497 e. The van der Waals surface area contributed by atoms with Gasteiger partial charge in [0.2, 0.25) is 17.6 Å². The van der Waals surface area contributed by atoms with E-state index in [-0.39, 0.29) is 11.8 Å². The first-order valence-electron chi connectivity index (χ1n) is 11.4. The third-order valence-corrected chi connectivity index (χ3v) is 6.26. The summed E-state index contributed by atoms with van der Waals surface area (Å²) in [5.74, 6) is 2.30. The van der Waals surface area contributed by atoms with Crippen molar-refractivity contribution in [1.82, 2.24) is 20.4 Å². The van der Waals surface area contributed by atoms with E-state index < -0.39 is 0 Å². The van der Waals surface area contributed by atoms with E-state index in [4.69, 9.17) is 9.26 Å². The lowest BCUT2D eigenvalue weighted by Gasteiger charge is -2.30. The molecule has 166 valence electrons. The molecule has 0 saturated carbocycles. The molecule has 1 aliphatic carbocycles. The minimum atomic E-state index is 0.106. The number of hydrogen-bond donors (Lipinski definition) is 1. The Bertz CT molecular complexity index is 882. The van der Waals surface area contributed by atoms with Gasteiger partial charge in [-0.05, 0) is 82.3 Å². The van der Waals surface area contributed by atoms with Gasteiger partial charge in [0.1, 0.15) is 5.75 Å². The summed E-state index contributed by atoms with van der Waals surface area (Å²) in [6.07, 6.45) is 10.1. The smallest absolute Gasteiger partial charge is 0.241 e. The molecule has 1 aromatic heterocycles. The van der Waals surface area contributed by atoms with Crippen LogP contribution in [0.2, 0.25) is 0 Å². The zero-order valence-electron chi connectivity index (χ0n) is 18.3. The number of hydrogen-bond acceptors (Lipinski definition) is 6. The van der Waals surface area contributed by atoms with Crippen LogP contribution in [-0.2, 0) is 11.3 Å². The molecule has 0 spiro atoms. The zero-order chi connectivity index (χ0) is 21.5. The van der Waals surface area contributed by atoms with Gasteiger partial charge in [-0.1, -0.05) is 16.8 Å². The monoisotopic (exact) mass is 424 g/mol. The minimum absolute atomic E-state index is 0.106. The number of nitrogens with one attached hydrogen (secondary N) is 1. The lowest BCUT2D eigenvalue weighted by molar-refractivity contribution is -0.126. The molecule has 7 nitrogen and oxygen atoms in total. The van der Waals surface area contributed by atoms with Crippen molar-refractivity contribution in [3.8, 4) is 17.1 Å². The molecule has 1 saturated heterocycles. The Kier molecular flexibility index (Phi) is 7.35. The highest BCUT2D eigenvalue weighted by Crippen LogP contribution is 2.23. The van der Waals surface area contributed by atoms with Crippen molar-refractivity contribution in [2.45, 2.75) is 51.5 Å². The van der Waals surface area contributed by atoms with Gasteiger partial charge in [0, 0.05) is 18.0 Å². The quantitative estimate of drug-likeness (QED) is 0.646. The standard InChI is InChI=1S/C24H32N4O3/c1-30-21-9-7-19(8-10-21)23-26-22(31-27-23)17-28-15-12-20(13-16-28)24(29)25-14-11-18-5-3-2-4-6-18/h5,7-10,20H,2-4,6,11-17H2,1H3,(H,25,29). The highest BCUT2D eigenvalue weighted by molar-refractivity contribution is 5.78. The lowest BCUT2D eigenvalue weighted by atomic mass is 9.95. The maximum Gasteiger partial charge on any atom is 0.241 e. The summed E-state index contributed by atoms with van der Waals surface area (Å²) in [5.41, 5.74) is 2.41. The van der Waals surface area contributed by atoms with E-state index in [1.165, 1.54) is 31.3 Å². The second-order valence-electron chi connectivity index (χ2n) is 8.44. The Morgan fingerprint density at radius 1 is 1.23 bits per heavy atom.